The lowest BCUT2D eigenvalue weighted by Gasteiger charge is -2.00. The van der Waals surface area contributed by atoms with Gasteiger partial charge in [-0.05, 0) is 29.3 Å². The maximum atomic E-state index is 5.86. The maximum Gasteiger partial charge on any atom is 0.118 e. The second-order valence-electron chi connectivity index (χ2n) is 3.74. The summed E-state index contributed by atoms with van der Waals surface area (Å²) in [6.07, 6.45) is 4.04. The van der Waals surface area contributed by atoms with Crippen molar-refractivity contribution in [1.29, 1.82) is 0 Å². The fraction of sp³-hybridized carbons (Fsp3) is 0.0667. The van der Waals surface area contributed by atoms with E-state index in [0.717, 1.165) is 22.6 Å². The molecule has 2 heteroatoms. The van der Waals surface area contributed by atoms with Gasteiger partial charge in [0.2, 0.25) is 0 Å². The number of para-hydroxylation sites is 1. The van der Waals surface area contributed by atoms with E-state index in [-0.39, 0.29) is 0 Å². The van der Waals surface area contributed by atoms with Crippen molar-refractivity contribution < 1.29 is 4.74 Å². The Hall–Kier alpha value is -2.22. The monoisotopic (exact) mass is 225 g/mol. The first kappa shape index (κ1) is 11.3. The molecule has 2 N–H and O–H groups in total. The summed E-state index contributed by atoms with van der Waals surface area (Å²) in [7, 11) is 1.66. The van der Waals surface area contributed by atoms with Crippen LogP contribution in [0.15, 0.2) is 48.5 Å². The Kier molecular flexibility index (Phi) is 3.46. The number of nitrogen functional groups attached to an aromatic ring is 1. The molecular formula is C15H15NO. The van der Waals surface area contributed by atoms with Gasteiger partial charge in [0.1, 0.15) is 5.75 Å². The van der Waals surface area contributed by atoms with Gasteiger partial charge in [0.25, 0.3) is 0 Å². The number of rotatable bonds is 3. The molecule has 0 aliphatic heterocycles. The van der Waals surface area contributed by atoms with Crippen molar-refractivity contribution in [3.8, 4) is 5.75 Å². The second kappa shape index (κ2) is 5.21. The highest BCUT2D eigenvalue weighted by Gasteiger charge is 1.93. The SMILES string of the molecule is COc1ccc(/C=C/c2ccccc2N)cc1. The molecule has 0 spiro atoms. The zero-order chi connectivity index (χ0) is 12.1. The van der Waals surface area contributed by atoms with Gasteiger partial charge in [-0.25, -0.2) is 0 Å². The molecule has 2 aromatic carbocycles. The number of hydrogen-bond donors (Lipinski definition) is 1. The predicted molar refractivity (Wildman–Crippen MR) is 72.8 cm³/mol. The Bertz CT molecular complexity index is 515. The number of nitrogens with two attached hydrogens (primary N) is 1. The Balaban J connectivity index is 2.17. The summed E-state index contributed by atoms with van der Waals surface area (Å²) in [5.41, 5.74) is 8.80. The van der Waals surface area contributed by atoms with Crippen LogP contribution in [0.25, 0.3) is 12.2 Å². The Labute approximate surface area is 101 Å². The minimum Gasteiger partial charge on any atom is -0.497 e. The third kappa shape index (κ3) is 2.88. The summed E-state index contributed by atoms with van der Waals surface area (Å²) in [6.45, 7) is 0. The number of hydrogen-bond acceptors (Lipinski definition) is 2. The summed E-state index contributed by atoms with van der Waals surface area (Å²) < 4.78 is 5.11. The molecule has 17 heavy (non-hydrogen) atoms. The fourth-order valence-electron chi connectivity index (χ4n) is 1.56. The maximum absolute atomic E-state index is 5.86. The van der Waals surface area contributed by atoms with E-state index in [4.69, 9.17) is 10.5 Å². The normalized spacial score (nSPS) is 10.6. The highest BCUT2D eigenvalue weighted by molar-refractivity contribution is 5.75. The van der Waals surface area contributed by atoms with E-state index < -0.39 is 0 Å². The Morgan fingerprint density at radius 2 is 1.65 bits per heavy atom. The fourth-order valence-corrected chi connectivity index (χ4v) is 1.56. The number of anilines is 1. The molecule has 0 bridgehead atoms. The topological polar surface area (TPSA) is 35.2 Å². The molecule has 0 aliphatic carbocycles. The highest BCUT2D eigenvalue weighted by atomic mass is 16.5. The second-order valence-corrected chi connectivity index (χ2v) is 3.74. The van der Waals surface area contributed by atoms with Gasteiger partial charge in [0.15, 0.2) is 0 Å². The molecule has 0 aliphatic rings. The first-order chi connectivity index (χ1) is 8.29. The van der Waals surface area contributed by atoms with Crippen LogP contribution in [0.5, 0.6) is 5.75 Å². The van der Waals surface area contributed by atoms with E-state index in [0.29, 0.717) is 0 Å². The van der Waals surface area contributed by atoms with Crippen LogP contribution in [0.1, 0.15) is 11.1 Å². The Morgan fingerprint density at radius 1 is 0.941 bits per heavy atom. The van der Waals surface area contributed by atoms with Crippen LogP contribution in [-0.2, 0) is 0 Å². The lowest BCUT2D eigenvalue weighted by molar-refractivity contribution is 0.415. The third-order valence-electron chi connectivity index (χ3n) is 2.57. The number of ether oxygens (including phenoxy) is 1. The van der Waals surface area contributed by atoms with E-state index in [1.54, 1.807) is 7.11 Å². The predicted octanol–water partition coefficient (Wildman–Crippen LogP) is 3.45. The Morgan fingerprint density at radius 3 is 2.29 bits per heavy atom. The van der Waals surface area contributed by atoms with Crippen LogP contribution in [0.2, 0.25) is 0 Å². The zero-order valence-electron chi connectivity index (χ0n) is 9.76. The minimum atomic E-state index is 0.789. The molecule has 0 aromatic heterocycles. The quantitative estimate of drug-likeness (QED) is 0.641. The summed E-state index contributed by atoms with van der Waals surface area (Å²) in [5.74, 6) is 0.862. The van der Waals surface area contributed by atoms with Crippen molar-refractivity contribution in [1.82, 2.24) is 0 Å². The van der Waals surface area contributed by atoms with Gasteiger partial charge in [-0.3, -0.25) is 0 Å². The van der Waals surface area contributed by atoms with Gasteiger partial charge >= 0.3 is 0 Å². The molecule has 0 saturated carbocycles. The molecule has 0 amide bonds. The number of methoxy groups -OCH3 is 1. The van der Waals surface area contributed by atoms with Crippen LogP contribution in [0.3, 0.4) is 0 Å². The van der Waals surface area contributed by atoms with Gasteiger partial charge in [0.05, 0.1) is 7.11 Å². The molecule has 0 saturated heterocycles. The van der Waals surface area contributed by atoms with Gasteiger partial charge in [-0.1, -0.05) is 42.5 Å². The zero-order valence-corrected chi connectivity index (χ0v) is 9.76. The molecule has 2 aromatic rings. The van der Waals surface area contributed by atoms with Gasteiger partial charge < -0.3 is 10.5 Å². The summed E-state index contributed by atoms with van der Waals surface area (Å²) in [4.78, 5) is 0. The standard InChI is InChI=1S/C15H15NO/c1-17-14-10-7-12(8-11-14)6-9-13-4-2-3-5-15(13)16/h2-11H,16H2,1H3/b9-6+. The van der Waals surface area contributed by atoms with Gasteiger partial charge in [-0.15, -0.1) is 0 Å². The molecule has 86 valence electrons. The van der Waals surface area contributed by atoms with E-state index in [2.05, 4.69) is 0 Å². The van der Waals surface area contributed by atoms with Crippen molar-refractivity contribution in [2.75, 3.05) is 12.8 Å². The average Bonchev–Trinajstić information content (AvgIpc) is 2.38. The third-order valence-corrected chi connectivity index (χ3v) is 2.57. The molecule has 0 unspecified atom stereocenters. The summed E-state index contributed by atoms with van der Waals surface area (Å²) in [6, 6.07) is 15.7. The smallest absolute Gasteiger partial charge is 0.118 e. The molecule has 0 heterocycles. The van der Waals surface area contributed by atoms with Crippen LogP contribution < -0.4 is 10.5 Å². The van der Waals surface area contributed by atoms with Crippen LogP contribution >= 0.6 is 0 Å². The van der Waals surface area contributed by atoms with E-state index >= 15 is 0 Å². The van der Waals surface area contributed by atoms with Crippen molar-refractivity contribution >= 4 is 17.8 Å². The van der Waals surface area contributed by atoms with Gasteiger partial charge in [0, 0.05) is 5.69 Å². The lowest BCUT2D eigenvalue weighted by Crippen LogP contribution is -1.87. The summed E-state index contributed by atoms with van der Waals surface area (Å²) in [5, 5.41) is 0. The first-order valence-electron chi connectivity index (χ1n) is 5.46. The van der Waals surface area contributed by atoms with Crippen molar-refractivity contribution in [2.24, 2.45) is 0 Å². The van der Waals surface area contributed by atoms with Crippen molar-refractivity contribution in [3.63, 3.8) is 0 Å². The highest BCUT2D eigenvalue weighted by Crippen LogP contribution is 2.16. The molecule has 0 atom stereocenters. The number of benzene rings is 2. The van der Waals surface area contributed by atoms with Crippen LogP contribution in [0.4, 0.5) is 5.69 Å². The molecular weight excluding hydrogens is 210 g/mol. The molecule has 0 fully saturated rings. The van der Waals surface area contributed by atoms with Crippen LogP contribution in [-0.4, -0.2) is 7.11 Å². The largest absolute Gasteiger partial charge is 0.497 e. The van der Waals surface area contributed by atoms with Crippen molar-refractivity contribution in [2.45, 2.75) is 0 Å². The van der Waals surface area contributed by atoms with Gasteiger partial charge in [-0.2, -0.15) is 0 Å². The lowest BCUT2D eigenvalue weighted by atomic mass is 10.1. The minimum absolute atomic E-state index is 0.789. The molecule has 2 nitrogen and oxygen atoms in total. The molecule has 2 rings (SSSR count). The van der Waals surface area contributed by atoms with E-state index in [1.807, 2.05) is 60.7 Å². The average molecular weight is 225 g/mol. The van der Waals surface area contributed by atoms with Crippen LogP contribution in [0, 0.1) is 0 Å². The first-order valence-corrected chi connectivity index (χ1v) is 5.46. The van der Waals surface area contributed by atoms with E-state index in [1.165, 1.54) is 0 Å². The molecule has 0 radical (unpaired) electrons. The summed E-state index contributed by atoms with van der Waals surface area (Å²) >= 11 is 0. The van der Waals surface area contributed by atoms with E-state index in [9.17, 15) is 0 Å². The van der Waals surface area contributed by atoms with Crippen molar-refractivity contribution in [3.05, 3.63) is 59.7 Å².